The lowest BCUT2D eigenvalue weighted by molar-refractivity contribution is -0.0500. The van der Waals surface area contributed by atoms with Crippen molar-refractivity contribution >= 4 is 22.2 Å². The molecule has 0 amide bonds. The fourth-order valence-corrected chi connectivity index (χ4v) is 3.11. The van der Waals surface area contributed by atoms with Gasteiger partial charge in [0.15, 0.2) is 23.6 Å². The van der Waals surface area contributed by atoms with Gasteiger partial charge in [-0.15, -0.1) is 0 Å². The molecule has 2 aromatic rings. The van der Waals surface area contributed by atoms with E-state index in [0.29, 0.717) is 11.1 Å². The Morgan fingerprint density at radius 1 is 1.03 bits per heavy atom. The molecular formula is C19H17F3O8S. The molecule has 0 heterocycles. The smallest absolute Gasteiger partial charge is 0.495 e. The van der Waals surface area contributed by atoms with E-state index in [1.165, 1.54) is 31.4 Å². The zero-order valence-corrected chi connectivity index (χ0v) is 17.3. The molecule has 8 nitrogen and oxygen atoms in total. The first-order chi connectivity index (χ1) is 14.5. The Labute approximate surface area is 175 Å². The van der Waals surface area contributed by atoms with Crippen LogP contribution in [0.3, 0.4) is 0 Å². The van der Waals surface area contributed by atoms with Crippen molar-refractivity contribution < 1.29 is 49.6 Å². The summed E-state index contributed by atoms with van der Waals surface area (Å²) in [4.78, 5) is 23.6. The highest BCUT2D eigenvalue weighted by molar-refractivity contribution is 7.88. The number of alkyl halides is 3. The number of hydrogen-bond acceptors (Lipinski definition) is 8. The monoisotopic (exact) mass is 462 g/mol. The maximum absolute atomic E-state index is 12.8. The molecule has 0 atom stereocenters. The van der Waals surface area contributed by atoms with Crippen LogP contribution in [-0.4, -0.2) is 53.9 Å². The van der Waals surface area contributed by atoms with E-state index in [1.807, 2.05) is 0 Å². The highest BCUT2D eigenvalue weighted by atomic mass is 32.2. The molecule has 168 valence electrons. The van der Waals surface area contributed by atoms with Gasteiger partial charge in [-0.05, 0) is 11.6 Å². The number of methoxy groups -OCH3 is 3. The summed E-state index contributed by atoms with van der Waals surface area (Å²) in [6.45, 7) is -0.133. The maximum Gasteiger partial charge on any atom is 0.534 e. The van der Waals surface area contributed by atoms with Gasteiger partial charge in [0.05, 0.1) is 14.2 Å². The van der Waals surface area contributed by atoms with E-state index >= 15 is 0 Å². The van der Waals surface area contributed by atoms with E-state index in [4.69, 9.17) is 14.2 Å². The van der Waals surface area contributed by atoms with Gasteiger partial charge in [-0.25, -0.2) is 0 Å². The molecule has 0 aliphatic heterocycles. The van der Waals surface area contributed by atoms with Gasteiger partial charge >= 0.3 is 15.6 Å². The van der Waals surface area contributed by atoms with Gasteiger partial charge in [0.1, 0.15) is 17.9 Å². The van der Waals surface area contributed by atoms with Crippen molar-refractivity contribution in [3.05, 3.63) is 41.5 Å². The van der Waals surface area contributed by atoms with E-state index in [2.05, 4.69) is 4.18 Å². The van der Waals surface area contributed by atoms with E-state index in [1.54, 1.807) is 0 Å². The van der Waals surface area contributed by atoms with Crippen LogP contribution in [0.5, 0.6) is 17.2 Å². The number of ketones is 1. The highest BCUT2D eigenvalue weighted by Gasteiger charge is 2.49. The molecule has 12 heteroatoms. The third-order valence-electron chi connectivity index (χ3n) is 4.04. The van der Waals surface area contributed by atoms with Crippen molar-refractivity contribution in [1.29, 1.82) is 0 Å². The molecule has 0 aliphatic carbocycles. The average Bonchev–Trinajstić information content (AvgIpc) is 2.72. The van der Waals surface area contributed by atoms with Crippen LogP contribution < -0.4 is 13.7 Å². The van der Waals surface area contributed by atoms with Gasteiger partial charge in [0.2, 0.25) is 0 Å². The van der Waals surface area contributed by atoms with E-state index < -0.39 is 32.7 Å². The first-order valence-corrected chi connectivity index (χ1v) is 9.79. The lowest BCUT2D eigenvalue weighted by Gasteiger charge is -2.19. The minimum absolute atomic E-state index is 0.0859. The van der Waals surface area contributed by atoms with Crippen molar-refractivity contribution in [3.8, 4) is 28.4 Å². The van der Waals surface area contributed by atoms with E-state index in [9.17, 15) is 31.2 Å². The number of carbonyl (C=O) groups excluding carboxylic acids is 2. The van der Waals surface area contributed by atoms with Crippen LogP contribution in [0.4, 0.5) is 13.2 Å². The number of carbonyl (C=O) groups is 2. The largest absolute Gasteiger partial charge is 0.534 e. The van der Waals surface area contributed by atoms with E-state index in [0.717, 1.165) is 20.3 Å². The summed E-state index contributed by atoms with van der Waals surface area (Å²) in [5.74, 6) is -1.96. The molecule has 0 unspecified atom stereocenters. The zero-order valence-electron chi connectivity index (χ0n) is 16.5. The predicted octanol–water partition coefficient (Wildman–Crippen LogP) is 3.24. The molecule has 0 fully saturated rings. The fourth-order valence-electron chi connectivity index (χ4n) is 2.63. The number of hydrogen-bond donors (Lipinski definition) is 0. The first-order valence-electron chi connectivity index (χ1n) is 8.38. The summed E-state index contributed by atoms with van der Waals surface area (Å²) in [6, 6.07) is 7.10. The van der Waals surface area contributed by atoms with Gasteiger partial charge in [-0.1, -0.05) is 24.3 Å². The molecule has 2 rings (SSSR count). The molecule has 0 saturated carbocycles. The number of benzene rings is 2. The van der Waals surface area contributed by atoms with Crippen molar-refractivity contribution in [2.75, 3.05) is 27.9 Å². The van der Waals surface area contributed by atoms with Crippen LogP contribution >= 0.6 is 0 Å². The Morgan fingerprint density at radius 3 is 2.10 bits per heavy atom. The number of ether oxygens (including phenoxy) is 3. The van der Waals surface area contributed by atoms with E-state index in [-0.39, 0.29) is 30.0 Å². The lowest BCUT2D eigenvalue weighted by atomic mass is 9.98. The number of rotatable bonds is 9. The van der Waals surface area contributed by atoms with Gasteiger partial charge in [-0.3, -0.25) is 9.59 Å². The van der Waals surface area contributed by atoms with Gasteiger partial charge < -0.3 is 18.4 Å². The molecule has 0 aromatic heterocycles. The molecule has 2 aromatic carbocycles. The van der Waals surface area contributed by atoms with Crippen molar-refractivity contribution in [3.63, 3.8) is 0 Å². The van der Waals surface area contributed by atoms with Crippen LogP contribution in [0.2, 0.25) is 0 Å². The number of halogens is 3. The SMILES string of the molecule is COCC(=O)c1ccc(-c2cc(OC)c(OS(=O)(=O)C(F)(F)F)c(C=O)c2OC)cc1. The van der Waals surface area contributed by atoms with Crippen LogP contribution in [-0.2, 0) is 14.9 Å². The van der Waals surface area contributed by atoms with Crippen LogP contribution in [0.25, 0.3) is 11.1 Å². The molecule has 31 heavy (non-hydrogen) atoms. The summed E-state index contributed by atoms with van der Waals surface area (Å²) in [6.07, 6.45) is 0.0859. The molecule has 0 radical (unpaired) electrons. The molecule has 0 spiro atoms. The topological polar surface area (TPSA) is 105 Å². The molecule has 0 saturated heterocycles. The Kier molecular flexibility index (Phi) is 7.28. The minimum Gasteiger partial charge on any atom is -0.495 e. The number of Topliss-reactive ketones (excluding diaryl/α,β-unsaturated/α-hetero) is 1. The Bertz CT molecular complexity index is 1080. The summed E-state index contributed by atoms with van der Waals surface area (Å²) in [5, 5.41) is 0. The zero-order chi connectivity index (χ0) is 23.4. The summed E-state index contributed by atoms with van der Waals surface area (Å²) >= 11 is 0. The van der Waals surface area contributed by atoms with Crippen LogP contribution in [0.1, 0.15) is 20.7 Å². The van der Waals surface area contributed by atoms with Gasteiger partial charge in [-0.2, -0.15) is 21.6 Å². The van der Waals surface area contributed by atoms with Crippen LogP contribution in [0.15, 0.2) is 30.3 Å². The summed E-state index contributed by atoms with van der Waals surface area (Å²) in [7, 11) is -2.52. The maximum atomic E-state index is 12.8. The molecular weight excluding hydrogens is 445 g/mol. The fraction of sp³-hybridized carbons (Fsp3) is 0.263. The van der Waals surface area contributed by atoms with Gasteiger partial charge in [0.25, 0.3) is 0 Å². The predicted molar refractivity (Wildman–Crippen MR) is 102 cm³/mol. The number of aldehydes is 1. The third kappa shape index (κ3) is 4.97. The first kappa shape index (κ1) is 24.2. The second-order valence-corrected chi connectivity index (χ2v) is 7.47. The molecule has 0 N–H and O–H groups in total. The molecule has 0 aliphatic rings. The quantitative estimate of drug-likeness (QED) is 0.242. The Balaban J connectivity index is 2.66. The second-order valence-electron chi connectivity index (χ2n) is 5.94. The summed E-state index contributed by atoms with van der Waals surface area (Å²) in [5.41, 5.74) is -5.41. The van der Waals surface area contributed by atoms with Gasteiger partial charge in [0, 0.05) is 18.2 Å². The lowest BCUT2D eigenvalue weighted by Crippen LogP contribution is -2.28. The van der Waals surface area contributed by atoms with Crippen molar-refractivity contribution in [1.82, 2.24) is 0 Å². The standard InChI is InChI=1S/C19H17F3O8S/c1-27-10-15(24)12-6-4-11(5-7-12)13-8-16(28-2)18(14(9-23)17(13)29-3)30-31(25,26)19(20,21)22/h4-9H,10H2,1-3H3. The third-order valence-corrected chi connectivity index (χ3v) is 5.00. The van der Waals surface area contributed by atoms with Crippen molar-refractivity contribution in [2.24, 2.45) is 0 Å². The normalized spacial score (nSPS) is 11.7. The average molecular weight is 462 g/mol. The van der Waals surface area contributed by atoms with Crippen LogP contribution in [0, 0.1) is 0 Å². The molecule has 0 bridgehead atoms. The Hall–Kier alpha value is -3.12. The van der Waals surface area contributed by atoms with Crippen molar-refractivity contribution in [2.45, 2.75) is 5.51 Å². The summed E-state index contributed by atoms with van der Waals surface area (Å²) < 4.78 is 80.3. The second kappa shape index (κ2) is 9.35. The minimum atomic E-state index is -6.08. The Morgan fingerprint density at radius 2 is 1.65 bits per heavy atom. The highest BCUT2D eigenvalue weighted by Crippen LogP contribution is 2.45.